The molecule has 0 atom stereocenters. The van der Waals surface area contributed by atoms with Crippen molar-refractivity contribution in [1.82, 2.24) is 19.1 Å². The van der Waals surface area contributed by atoms with E-state index in [1.807, 2.05) is 35.2 Å². The van der Waals surface area contributed by atoms with Crippen molar-refractivity contribution in [2.75, 3.05) is 13.7 Å². The number of imidazole rings is 2. The van der Waals surface area contributed by atoms with Crippen molar-refractivity contribution in [3.05, 3.63) is 95.7 Å². The Labute approximate surface area is 216 Å². The fourth-order valence-corrected chi connectivity index (χ4v) is 4.76. The van der Waals surface area contributed by atoms with Crippen molar-refractivity contribution in [2.45, 2.75) is 33.4 Å². The van der Waals surface area contributed by atoms with E-state index >= 15 is 0 Å². The number of fused-ring (bicyclic) bond motifs is 1. The van der Waals surface area contributed by atoms with Crippen LogP contribution < -0.4 is 0 Å². The first-order valence-corrected chi connectivity index (χ1v) is 12.4. The number of aromatic carboxylic acids is 1. The molecule has 0 bridgehead atoms. The molecule has 7 heteroatoms. The van der Waals surface area contributed by atoms with Gasteiger partial charge < -0.3 is 19.0 Å². The lowest BCUT2D eigenvalue weighted by atomic mass is 9.98. The fourth-order valence-electron chi connectivity index (χ4n) is 4.76. The number of benzene rings is 3. The van der Waals surface area contributed by atoms with E-state index in [0.717, 1.165) is 57.8 Å². The van der Waals surface area contributed by atoms with Gasteiger partial charge in [-0.15, -0.1) is 0 Å². The van der Waals surface area contributed by atoms with Gasteiger partial charge in [-0.2, -0.15) is 0 Å². The molecule has 3 aromatic carbocycles. The quantitative estimate of drug-likeness (QED) is 0.279. The minimum atomic E-state index is -0.924. The number of carbonyl (C=O) groups is 1. The third-order valence-corrected chi connectivity index (χ3v) is 6.69. The summed E-state index contributed by atoms with van der Waals surface area (Å²) in [7, 11) is 1.70. The van der Waals surface area contributed by atoms with Crippen LogP contribution in [-0.4, -0.2) is 43.9 Å². The Morgan fingerprint density at radius 3 is 2.57 bits per heavy atom. The normalized spacial score (nSPS) is 11.3. The molecule has 0 aliphatic rings. The number of rotatable bonds is 9. The van der Waals surface area contributed by atoms with Gasteiger partial charge in [0.15, 0.2) is 0 Å². The first-order chi connectivity index (χ1) is 18.0. The molecule has 0 radical (unpaired) electrons. The number of carboxylic acids is 1. The average molecular weight is 495 g/mol. The first kappa shape index (κ1) is 24.5. The second-order valence-electron chi connectivity index (χ2n) is 9.17. The summed E-state index contributed by atoms with van der Waals surface area (Å²) < 4.78 is 9.50. The third kappa shape index (κ3) is 4.90. The number of aryl methyl sites for hydroxylation is 2. The molecule has 0 amide bonds. The molecule has 37 heavy (non-hydrogen) atoms. The molecule has 0 aliphatic carbocycles. The minimum Gasteiger partial charge on any atom is -0.478 e. The predicted molar refractivity (Wildman–Crippen MR) is 145 cm³/mol. The fraction of sp³-hybridized carbons (Fsp3) is 0.233. The summed E-state index contributed by atoms with van der Waals surface area (Å²) >= 11 is 0. The van der Waals surface area contributed by atoms with E-state index < -0.39 is 5.97 Å². The highest BCUT2D eigenvalue weighted by Crippen LogP contribution is 2.29. The summed E-state index contributed by atoms with van der Waals surface area (Å²) in [6.07, 6.45) is 4.71. The molecule has 2 aromatic heterocycles. The van der Waals surface area contributed by atoms with Crippen LogP contribution >= 0.6 is 0 Å². The molecule has 0 fully saturated rings. The van der Waals surface area contributed by atoms with Crippen LogP contribution in [0.5, 0.6) is 0 Å². The SMILES string of the molecule is CCc1nc2c(C)cc(-c3cn(CCOC)cn3)cc2n1Cc1ccc(-c2ccccc2C(=O)O)cc1. The van der Waals surface area contributed by atoms with Crippen molar-refractivity contribution in [1.29, 1.82) is 0 Å². The Hall–Kier alpha value is -4.23. The molecule has 5 aromatic rings. The molecule has 1 N–H and O–H groups in total. The molecule has 188 valence electrons. The van der Waals surface area contributed by atoms with E-state index in [0.29, 0.717) is 24.3 Å². The summed E-state index contributed by atoms with van der Waals surface area (Å²) in [5.74, 6) is 0.105. The zero-order chi connectivity index (χ0) is 25.9. The second-order valence-corrected chi connectivity index (χ2v) is 9.17. The highest BCUT2D eigenvalue weighted by atomic mass is 16.5. The summed E-state index contributed by atoms with van der Waals surface area (Å²) in [5, 5.41) is 9.56. The molecule has 0 aliphatic heterocycles. The number of ether oxygens (including phenoxy) is 1. The zero-order valence-corrected chi connectivity index (χ0v) is 21.3. The van der Waals surface area contributed by atoms with Gasteiger partial charge in [0.25, 0.3) is 0 Å². The Morgan fingerprint density at radius 1 is 1.05 bits per heavy atom. The van der Waals surface area contributed by atoms with Crippen LogP contribution in [0.1, 0.15) is 34.2 Å². The smallest absolute Gasteiger partial charge is 0.336 e. The van der Waals surface area contributed by atoms with Crippen LogP contribution in [0, 0.1) is 6.92 Å². The molecule has 0 unspecified atom stereocenters. The van der Waals surface area contributed by atoms with E-state index in [9.17, 15) is 9.90 Å². The van der Waals surface area contributed by atoms with E-state index in [4.69, 9.17) is 9.72 Å². The maximum absolute atomic E-state index is 11.7. The van der Waals surface area contributed by atoms with E-state index in [2.05, 4.69) is 53.9 Å². The van der Waals surface area contributed by atoms with Gasteiger partial charge in [-0.05, 0) is 47.4 Å². The Morgan fingerprint density at radius 2 is 1.84 bits per heavy atom. The zero-order valence-electron chi connectivity index (χ0n) is 21.3. The molecule has 2 heterocycles. The van der Waals surface area contributed by atoms with Crippen molar-refractivity contribution in [3.8, 4) is 22.4 Å². The molecular weight excluding hydrogens is 464 g/mol. The Kier molecular flexibility index (Phi) is 6.88. The largest absolute Gasteiger partial charge is 0.478 e. The third-order valence-electron chi connectivity index (χ3n) is 6.69. The molecule has 5 rings (SSSR count). The van der Waals surface area contributed by atoms with Crippen LogP contribution in [0.25, 0.3) is 33.4 Å². The number of carboxylic acid groups (broad SMARTS) is 1. The number of nitrogens with zero attached hydrogens (tertiary/aromatic N) is 4. The molecule has 0 saturated carbocycles. The average Bonchev–Trinajstić information content (AvgIpc) is 3.53. The van der Waals surface area contributed by atoms with Gasteiger partial charge in [0, 0.05) is 38.4 Å². The van der Waals surface area contributed by atoms with E-state index in [-0.39, 0.29) is 0 Å². The van der Waals surface area contributed by atoms with Crippen LogP contribution in [0.2, 0.25) is 0 Å². The molecule has 7 nitrogen and oxygen atoms in total. The highest BCUT2D eigenvalue weighted by Gasteiger charge is 2.16. The molecular formula is C30H30N4O3. The number of aromatic nitrogens is 4. The van der Waals surface area contributed by atoms with E-state index in [1.165, 1.54) is 0 Å². The lowest BCUT2D eigenvalue weighted by Gasteiger charge is -2.11. The number of hydrogen-bond donors (Lipinski definition) is 1. The van der Waals surface area contributed by atoms with Gasteiger partial charge in [0.2, 0.25) is 0 Å². The van der Waals surface area contributed by atoms with Gasteiger partial charge in [0.05, 0.1) is 35.2 Å². The van der Waals surface area contributed by atoms with Crippen LogP contribution in [0.4, 0.5) is 0 Å². The lowest BCUT2D eigenvalue weighted by Crippen LogP contribution is -2.04. The number of hydrogen-bond acceptors (Lipinski definition) is 4. The van der Waals surface area contributed by atoms with Crippen molar-refractivity contribution < 1.29 is 14.6 Å². The van der Waals surface area contributed by atoms with Crippen LogP contribution in [0.15, 0.2) is 73.2 Å². The summed E-state index contributed by atoms with van der Waals surface area (Å²) in [4.78, 5) is 21.2. The van der Waals surface area contributed by atoms with Gasteiger partial charge in [0.1, 0.15) is 5.82 Å². The molecule has 0 spiro atoms. The highest BCUT2D eigenvalue weighted by molar-refractivity contribution is 5.96. The summed E-state index contributed by atoms with van der Waals surface area (Å²) in [6, 6.07) is 19.5. The standard InChI is InChI=1S/C30H30N4O3/c1-4-28-32-29-20(2)15-23(26-18-33(19-31-26)13-14-37-3)16-27(29)34(28)17-21-9-11-22(12-10-21)24-7-5-6-8-25(24)30(35)36/h5-12,15-16,18-19H,4,13-14,17H2,1-3H3,(H,35,36). The molecule has 0 saturated heterocycles. The van der Waals surface area contributed by atoms with Crippen molar-refractivity contribution >= 4 is 17.0 Å². The predicted octanol–water partition coefficient (Wildman–Crippen LogP) is 5.83. The Balaban J connectivity index is 1.49. The minimum absolute atomic E-state index is 0.303. The van der Waals surface area contributed by atoms with Crippen molar-refractivity contribution in [2.24, 2.45) is 0 Å². The Bertz CT molecular complexity index is 1560. The number of methoxy groups -OCH3 is 1. The monoisotopic (exact) mass is 494 g/mol. The second kappa shape index (κ2) is 10.4. The van der Waals surface area contributed by atoms with Gasteiger partial charge in [-0.25, -0.2) is 14.8 Å². The van der Waals surface area contributed by atoms with Crippen LogP contribution in [0.3, 0.4) is 0 Å². The maximum atomic E-state index is 11.7. The van der Waals surface area contributed by atoms with Crippen LogP contribution in [-0.2, 0) is 24.2 Å². The van der Waals surface area contributed by atoms with Gasteiger partial charge in [-0.1, -0.05) is 49.4 Å². The van der Waals surface area contributed by atoms with Gasteiger partial charge >= 0.3 is 5.97 Å². The van der Waals surface area contributed by atoms with Crippen molar-refractivity contribution in [3.63, 3.8) is 0 Å². The topological polar surface area (TPSA) is 82.2 Å². The van der Waals surface area contributed by atoms with Gasteiger partial charge in [-0.3, -0.25) is 0 Å². The van der Waals surface area contributed by atoms with E-state index in [1.54, 1.807) is 19.2 Å². The summed E-state index contributed by atoms with van der Waals surface area (Å²) in [6.45, 7) is 6.29. The lowest BCUT2D eigenvalue weighted by molar-refractivity contribution is 0.0697. The first-order valence-electron chi connectivity index (χ1n) is 12.4. The summed E-state index contributed by atoms with van der Waals surface area (Å²) in [5.41, 5.74) is 8.22. The maximum Gasteiger partial charge on any atom is 0.336 e.